The van der Waals surface area contributed by atoms with Crippen LogP contribution in [0.3, 0.4) is 0 Å². The summed E-state index contributed by atoms with van der Waals surface area (Å²) < 4.78 is 5.75. The minimum atomic E-state index is -1.96. The van der Waals surface area contributed by atoms with Crippen LogP contribution in [0, 0.1) is 6.92 Å². The molecule has 2 unspecified atom stereocenters. The highest BCUT2D eigenvalue weighted by Crippen LogP contribution is 2.52. The van der Waals surface area contributed by atoms with Gasteiger partial charge in [0.15, 0.2) is 10.1 Å². The molecule has 4 N–H and O–H groups in total. The van der Waals surface area contributed by atoms with Crippen molar-refractivity contribution < 1.29 is 38.6 Å². The molecule has 1 aromatic carbocycles. The number of carboxylic acids is 1. The van der Waals surface area contributed by atoms with E-state index < -0.39 is 57.6 Å². The van der Waals surface area contributed by atoms with E-state index in [0.717, 1.165) is 21.4 Å². The lowest BCUT2D eigenvalue weighted by molar-refractivity contribution is -0.151. The molecule has 16 nitrogen and oxygen atoms in total. The first-order chi connectivity index (χ1) is 23.5. The van der Waals surface area contributed by atoms with E-state index in [9.17, 15) is 33.9 Å². The fourth-order valence-electron chi connectivity index (χ4n) is 6.10. The maximum atomic E-state index is 14.8. The van der Waals surface area contributed by atoms with E-state index in [1.54, 1.807) is 17.0 Å². The molecular weight excluding hydrogens is 737 g/mol. The van der Waals surface area contributed by atoms with Crippen molar-refractivity contribution in [1.29, 1.82) is 0 Å². The third-order valence-corrected chi connectivity index (χ3v) is 14.5. The van der Waals surface area contributed by atoms with Crippen LogP contribution in [-0.2, 0) is 24.8 Å². The Bertz CT molecular complexity index is 1820. The summed E-state index contributed by atoms with van der Waals surface area (Å²) in [5.74, 6) is -0.974. The fraction of sp³-hybridized carbons (Fsp3) is 0.429. The number of urea groups is 2. The zero-order valence-electron chi connectivity index (χ0n) is 25.8. The summed E-state index contributed by atoms with van der Waals surface area (Å²) in [6.45, 7) is 3.38. The highest BCUT2D eigenvalue weighted by Gasteiger charge is 2.60. The lowest BCUT2D eigenvalue weighted by atomic mass is 9.98. The molecule has 258 valence electrons. The van der Waals surface area contributed by atoms with Gasteiger partial charge in [-0.25, -0.2) is 19.3 Å². The van der Waals surface area contributed by atoms with Crippen LogP contribution < -0.4 is 25.6 Å². The number of anilines is 1. The van der Waals surface area contributed by atoms with Gasteiger partial charge in [-0.1, -0.05) is 29.2 Å². The second kappa shape index (κ2) is 13.2. The first kappa shape index (κ1) is 33.8. The van der Waals surface area contributed by atoms with E-state index in [1.165, 1.54) is 76.3 Å². The molecule has 3 atom stereocenters. The molecule has 0 saturated carbocycles. The molecule has 0 aliphatic carbocycles. The van der Waals surface area contributed by atoms with E-state index >= 15 is 0 Å². The van der Waals surface area contributed by atoms with Crippen molar-refractivity contribution >= 4 is 99.9 Å². The quantitative estimate of drug-likeness (QED) is 0.124. The molecule has 21 heteroatoms. The van der Waals surface area contributed by atoms with Crippen LogP contribution in [0.2, 0.25) is 0 Å². The van der Waals surface area contributed by atoms with Gasteiger partial charge < -0.3 is 30.7 Å². The number of rotatable bonds is 9. The van der Waals surface area contributed by atoms with Gasteiger partial charge in [0.1, 0.15) is 26.8 Å². The fourth-order valence-corrected chi connectivity index (χ4v) is 12.4. The molecule has 5 aliphatic heterocycles. The Morgan fingerprint density at radius 1 is 1.16 bits per heavy atom. The molecule has 6 heterocycles. The van der Waals surface area contributed by atoms with Gasteiger partial charge in [-0.3, -0.25) is 19.3 Å². The first-order valence-corrected chi connectivity index (χ1v) is 19.8. The number of aliphatic carboxylic acids is 1. The average Bonchev–Trinajstić information content (AvgIpc) is 3.87. The number of carboxylic acid groups (broad SMARTS) is 1. The van der Waals surface area contributed by atoms with Gasteiger partial charge >= 0.3 is 24.0 Å². The molecule has 0 spiro atoms. The predicted molar refractivity (Wildman–Crippen MR) is 184 cm³/mol. The number of ether oxygens (including phenoxy) is 1. The number of hydrogen-bond donors (Lipinski definition) is 4. The second-order valence-electron chi connectivity index (χ2n) is 11.2. The second-order valence-corrected chi connectivity index (χ2v) is 17.4. The molecule has 1 aromatic heterocycles. The number of benzene rings is 1. The Morgan fingerprint density at radius 2 is 1.94 bits per heavy atom. The van der Waals surface area contributed by atoms with Gasteiger partial charge in [0, 0.05) is 48.6 Å². The predicted octanol–water partition coefficient (Wildman–Crippen LogP) is 1.77. The zero-order chi connectivity index (χ0) is 34.6. The van der Waals surface area contributed by atoms with E-state index in [-0.39, 0.29) is 24.5 Å². The number of amides is 6. The lowest BCUT2D eigenvalue weighted by Crippen LogP contribution is -2.75. The number of hydrogen-bond acceptors (Lipinski definition) is 15. The van der Waals surface area contributed by atoms with Crippen molar-refractivity contribution in [3.05, 3.63) is 40.0 Å². The Labute approximate surface area is 299 Å². The van der Waals surface area contributed by atoms with Crippen LogP contribution in [0.25, 0.3) is 0 Å². The number of carbonyl (C=O) groups is 6. The van der Waals surface area contributed by atoms with Gasteiger partial charge in [0.05, 0.1) is 5.69 Å². The molecule has 3 saturated heterocycles. The van der Waals surface area contributed by atoms with Crippen LogP contribution in [0.15, 0.2) is 33.8 Å². The third-order valence-electron chi connectivity index (χ3n) is 8.20. The van der Waals surface area contributed by atoms with E-state index in [2.05, 4.69) is 26.1 Å². The van der Waals surface area contributed by atoms with Crippen LogP contribution >= 0.6 is 58.4 Å². The van der Waals surface area contributed by atoms with Crippen LogP contribution in [0.4, 0.5) is 15.3 Å². The number of nitrogens with one attached hydrogen (secondary N) is 3. The number of aryl methyl sites for hydroxylation is 1. The smallest absolute Gasteiger partial charge is 0.352 e. The van der Waals surface area contributed by atoms with Gasteiger partial charge in [-0.2, -0.15) is 0 Å². The molecular formula is C28H28N8O8S5. The van der Waals surface area contributed by atoms with Gasteiger partial charge in [0.25, 0.3) is 11.8 Å². The first-order valence-electron chi connectivity index (χ1n) is 14.9. The van der Waals surface area contributed by atoms with Crippen LogP contribution in [0.1, 0.15) is 17.5 Å². The summed E-state index contributed by atoms with van der Waals surface area (Å²) in [6, 6.07) is 2.15. The highest BCUT2D eigenvalue weighted by molar-refractivity contribution is 8.20. The standard InChI is InChI=1S/C28H28N8O8S5/c1-12-32-33-26(49-12)48-11-14-10-47-21-18(20(38)35(21)19(14)22(39)40)30-23(41)28(31-25(43)34-6-5-29-24(34)42)15-3-4-17(44-13(2)37)16(9-15)36(28)27-45-7-8-46-27/h3-4,9,18,21,27H,5-8,10-11H2,1-2H3,(H,29,42)(H,30,41)(H,31,43)(H,39,40)/t18?,21-,28?/m0/s1. The molecule has 2 aromatic rings. The summed E-state index contributed by atoms with van der Waals surface area (Å²) in [7, 11) is 0. The summed E-state index contributed by atoms with van der Waals surface area (Å²) in [5, 5.41) is 26.5. The molecule has 2 bridgehead atoms. The number of nitrogens with zero attached hydrogens (tertiary/aromatic N) is 5. The Balaban J connectivity index is 1.20. The number of fused-ring (bicyclic) bond motifs is 3. The molecule has 7 rings (SSSR count). The van der Waals surface area contributed by atoms with E-state index in [4.69, 9.17) is 4.74 Å². The van der Waals surface area contributed by atoms with Crippen LogP contribution in [-0.4, -0.2) is 113 Å². The van der Waals surface area contributed by atoms with Crippen molar-refractivity contribution in [2.24, 2.45) is 0 Å². The Morgan fingerprint density at radius 3 is 2.59 bits per heavy atom. The summed E-state index contributed by atoms with van der Waals surface area (Å²) in [4.78, 5) is 83.0. The minimum Gasteiger partial charge on any atom is -0.477 e. The van der Waals surface area contributed by atoms with Gasteiger partial charge in [0.2, 0.25) is 5.66 Å². The third kappa shape index (κ3) is 5.87. The van der Waals surface area contributed by atoms with Crippen molar-refractivity contribution in [2.75, 3.05) is 41.0 Å². The van der Waals surface area contributed by atoms with E-state index in [1.807, 2.05) is 6.92 Å². The maximum Gasteiger partial charge on any atom is 0.352 e. The minimum absolute atomic E-state index is 0.0734. The van der Waals surface area contributed by atoms with Crippen LogP contribution in [0.5, 0.6) is 5.75 Å². The molecule has 49 heavy (non-hydrogen) atoms. The monoisotopic (exact) mass is 764 g/mol. The van der Waals surface area contributed by atoms with Crippen molar-refractivity contribution in [1.82, 2.24) is 35.9 Å². The number of aromatic nitrogens is 2. The highest BCUT2D eigenvalue weighted by atomic mass is 32.2. The van der Waals surface area contributed by atoms with Gasteiger partial charge in [-0.05, 0) is 24.6 Å². The zero-order valence-corrected chi connectivity index (χ0v) is 29.9. The lowest BCUT2D eigenvalue weighted by Gasteiger charge is -2.51. The van der Waals surface area contributed by atoms with Crippen molar-refractivity contribution in [2.45, 2.75) is 40.0 Å². The normalized spacial score (nSPS) is 24.5. The summed E-state index contributed by atoms with van der Waals surface area (Å²) in [5.41, 5.74) is -0.846. The SMILES string of the molecule is CC(=O)Oc1ccc2cc1N(C1SCCS1)C2(NC(=O)N1CCNC1=O)C(=O)NC1C(=O)N2C(C(=O)O)=C(CSc3nnc(C)s3)CS[C@@H]12. The maximum absolute atomic E-state index is 14.8. The molecule has 3 fully saturated rings. The number of thioether (sulfide) groups is 4. The molecule has 0 radical (unpaired) electrons. The molecule has 5 aliphatic rings. The Hall–Kier alpha value is -3.66. The number of imide groups is 1. The molecule has 6 amide bonds. The van der Waals surface area contributed by atoms with Crippen molar-refractivity contribution in [3.8, 4) is 5.75 Å². The number of β-lactam (4-membered cyclic amide) rings is 1. The average molecular weight is 765 g/mol. The topological polar surface area (TPSA) is 203 Å². The summed E-state index contributed by atoms with van der Waals surface area (Å²) in [6.07, 6.45) is 0. The van der Waals surface area contributed by atoms with E-state index in [0.29, 0.717) is 32.7 Å². The van der Waals surface area contributed by atoms with Crippen molar-refractivity contribution in [3.63, 3.8) is 0 Å². The van der Waals surface area contributed by atoms with Gasteiger partial charge in [-0.15, -0.1) is 45.5 Å². The number of esters is 1. The summed E-state index contributed by atoms with van der Waals surface area (Å²) >= 11 is 7.10. The number of carbonyl (C=O) groups excluding carboxylic acids is 5. The Kier molecular flexibility index (Phi) is 9.13. The largest absolute Gasteiger partial charge is 0.477 e.